The molecule has 3 heteroatoms. The minimum Gasteiger partial charge on any atom is -0.395 e. The molecule has 0 aromatic heterocycles. The molecule has 1 rings (SSSR count). The number of hydrogen-bond acceptors (Lipinski definition) is 3. The molecule has 0 saturated carbocycles. The van der Waals surface area contributed by atoms with E-state index in [4.69, 9.17) is 5.73 Å². The van der Waals surface area contributed by atoms with Crippen molar-refractivity contribution in [1.29, 1.82) is 0 Å². The SMILES string of the molecule is CCC1CCN(C(CO)C(C)N)C1. The van der Waals surface area contributed by atoms with E-state index < -0.39 is 0 Å². The fourth-order valence-electron chi connectivity index (χ4n) is 2.11. The van der Waals surface area contributed by atoms with Gasteiger partial charge in [0.15, 0.2) is 0 Å². The monoisotopic (exact) mass is 186 g/mol. The minimum atomic E-state index is 0.0700. The Morgan fingerprint density at radius 2 is 2.31 bits per heavy atom. The van der Waals surface area contributed by atoms with Crippen molar-refractivity contribution in [3.05, 3.63) is 0 Å². The zero-order chi connectivity index (χ0) is 9.84. The van der Waals surface area contributed by atoms with Gasteiger partial charge in [-0.2, -0.15) is 0 Å². The van der Waals surface area contributed by atoms with Gasteiger partial charge in [0.1, 0.15) is 0 Å². The van der Waals surface area contributed by atoms with Gasteiger partial charge >= 0.3 is 0 Å². The van der Waals surface area contributed by atoms with Gasteiger partial charge in [0.25, 0.3) is 0 Å². The third kappa shape index (κ3) is 2.66. The van der Waals surface area contributed by atoms with Crippen LogP contribution in [0.5, 0.6) is 0 Å². The summed E-state index contributed by atoms with van der Waals surface area (Å²) >= 11 is 0. The second-order valence-corrected chi connectivity index (χ2v) is 4.17. The highest BCUT2D eigenvalue weighted by molar-refractivity contribution is 4.84. The van der Waals surface area contributed by atoms with Gasteiger partial charge in [-0.15, -0.1) is 0 Å². The quantitative estimate of drug-likeness (QED) is 0.669. The average molecular weight is 186 g/mol. The Morgan fingerprint density at radius 3 is 2.69 bits per heavy atom. The molecule has 13 heavy (non-hydrogen) atoms. The maximum atomic E-state index is 9.19. The summed E-state index contributed by atoms with van der Waals surface area (Å²) in [6, 6.07) is 0.233. The van der Waals surface area contributed by atoms with Crippen LogP contribution in [0.1, 0.15) is 26.7 Å². The summed E-state index contributed by atoms with van der Waals surface area (Å²) in [6.45, 7) is 6.61. The van der Waals surface area contributed by atoms with Crippen molar-refractivity contribution in [3.63, 3.8) is 0 Å². The van der Waals surface area contributed by atoms with E-state index in [0.717, 1.165) is 19.0 Å². The third-order valence-corrected chi connectivity index (χ3v) is 3.16. The van der Waals surface area contributed by atoms with Crippen LogP contribution in [0.2, 0.25) is 0 Å². The molecule has 1 aliphatic heterocycles. The van der Waals surface area contributed by atoms with Crippen LogP contribution in [0.15, 0.2) is 0 Å². The normalized spacial score (nSPS) is 29.1. The highest BCUT2D eigenvalue weighted by atomic mass is 16.3. The smallest absolute Gasteiger partial charge is 0.0601 e. The lowest BCUT2D eigenvalue weighted by molar-refractivity contribution is 0.126. The Kier molecular flexibility index (Phi) is 4.16. The number of aliphatic hydroxyl groups excluding tert-OH is 1. The van der Waals surface area contributed by atoms with Crippen molar-refractivity contribution in [2.75, 3.05) is 19.7 Å². The minimum absolute atomic E-state index is 0.0700. The highest BCUT2D eigenvalue weighted by Gasteiger charge is 2.28. The van der Waals surface area contributed by atoms with Gasteiger partial charge in [0, 0.05) is 18.6 Å². The van der Waals surface area contributed by atoms with E-state index in [0.29, 0.717) is 0 Å². The molecule has 3 unspecified atom stereocenters. The van der Waals surface area contributed by atoms with Gasteiger partial charge < -0.3 is 10.8 Å². The lowest BCUT2D eigenvalue weighted by atomic mass is 10.1. The van der Waals surface area contributed by atoms with Gasteiger partial charge in [-0.25, -0.2) is 0 Å². The summed E-state index contributed by atoms with van der Waals surface area (Å²) in [4.78, 5) is 2.33. The van der Waals surface area contributed by atoms with E-state index in [1.165, 1.54) is 12.8 Å². The van der Waals surface area contributed by atoms with Crippen molar-refractivity contribution in [2.24, 2.45) is 11.7 Å². The Balaban J connectivity index is 2.43. The summed E-state index contributed by atoms with van der Waals surface area (Å²) in [5.41, 5.74) is 5.81. The first-order valence-corrected chi connectivity index (χ1v) is 5.29. The highest BCUT2D eigenvalue weighted by Crippen LogP contribution is 2.21. The van der Waals surface area contributed by atoms with Crippen molar-refractivity contribution in [3.8, 4) is 0 Å². The first-order valence-electron chi connectivity index (χ1n) is 5.29. The molecule has 1 saturated heterocycles. The van der Waals surface area contributed by atoms with Crippen LogP contribution in [0.3, 0.4) is 0 Å². The third-order valence-electron chi connectivity index (χ3n) is 3.16. The largest absolute Gasteiger partial charge is 0.395 e. The Bertz CT molecular complexity index is 150. The van der Waals surface area contributed by atoms with Crippen LogP contribution in [-0.4, -0.2) is 41.8 Å². The van der Waals surface area contributed by atoms with Crippen LogP contribution >= 0.6 is 0 Å². The van der Waals surface area contributed by atoms with E-state index >= 15 is 0 Å². The van der Waals surface area contributed by atoms with Crippen LogP contribution in [0, 0.1) is 5.92 Å². The van der Waals surface area contributed by atoms with Crippen molar-refractivity contribution >= 4 is 0 Å². The second kappa shape index (κ2) is 4.94. The lowest BCUT2D eigenvalue weighted by Crippen LogP contribution is -2.47. The van der Waals surface area contributed by atoms with E-state index in [1.54, 1.807) is 0 Å². The number of nitrogens with two attached hydrogens (primary N) is 1. The van der Waals surface area contributed by atoms with Gasteiger partial charge in [-0.1, -0.05) is 13.3 Å². The zero-order valence-corrected chi connectivity index (χ0v) is 8.74. The molecule has 0 aromatic rings. The van der Waals surface area contributed by atoms with Crippen LogP contribution in [0.4, 0.5) is 0 Å². The van der Waals surface area contributed by atoms with Gasteiger partial charge in [0.05, 0.1) is 6.61 Å². The Hall–Kier alpha value is -0.120. The van der Waals surface area contributed by atoms with Crippen LogP contribution in [-0.2, 0) is 0 Å². The molecule has 3 N–H and O–H groups in total. The van der Waals surface area contributed by atoms with Crippen molar-refractivity contribution in [1.82, 2.24) is 4.90 Å². The molecule has 0 spiro atoms. The second-order valence-electron chi connectivity index (χ2n) is 4.17. The molecular weight excluding hydrogens is 164 g/mol. The fraction of sp³-hybridized carbons (Fsp3) is 1.00. The molecule has 3 atom stereocenters. The first-order chi connectivity index (χ1) is 6.19. The van der Waals surface area contributed by atoms with Gasteiger partial charge in [-0.3, -0.25) is 4.90 Å². The number of hydrogen-bond donors (Lipinski definition) is 2. The summed E-state index contributed by atoms with van der Waals surface area (Å²) in [7, 11) is 0. The molecule has 0 aliphatic carbocycles. The zero-order valence-electron chi connectivity index (χ0n) is 8.74. The Labute approximate surface area is 80.9 Å². The van der Waals surface area contributed by atoms with Gasteiger partial charge in [-0.05, 0) is 25.8 Å². The number of rotatable bonds is 4. The van der Waals surface area contributed by atoms with Crippen LogP contribution in [0.25, 0.3) is 0 Å². The predicted molar refractivity (Wildman–Crippen MR) is 54.5 cm³/mol. The number of likely N-dealkylation sites (tertiary alicyclic amines) is 1. The summed E-state index contributed by atoms with van der Waals surface area (Å²) in [6.07, 6.45) is 2.51. The maximum Gasteiger partial charge on any atom is 0.0601 e. The Morgan fingerprint density at radius 1 is 1.62 bits per heavy atom. The van der Waals surface area contributed by atoms with Gasteiger partial charge in [0.2, 0.25) is 0 Å². The molecule has 0 amide bonds. The predicted octanol–water partition coefficient (Wildman–Crippen LogP) is 0.426. The van der Waals surface area contributed by atoms with E-state index in [9.17, 15) is 5.11 Å². The molecule has 1 aliphatic rings. The molecule has 1 heterocycles. The van der Waals surface area contributed by atoms with Crippen molar-refractivity contribution < 1.29 is 5.11 Å². The number of nitrogens with zero attached hydrogens (tertiary/aromatic N) is 1. The van der Waals surface area contributed by atoms with E-state index in [1.807, 2.05) is 6.92 Å². The molecule has 1 fully saturated rings. The lowest BCUT2D eigenvalue weighted by Gasteiger charge is -2.29. The average Bonchev–Trinajstić information content (AvgIpc) is 2.53. The first kappa shape index (κ1) is 11.0. The fourth-order valence-corrected chi connectivity index (χ4v) is 2.11. The summed E-state index contributed by atoms with van der Waals surface area (Å²) in [5.74, 6) is 0.813. The van der Waals surface area contributed by atoms with E-state index in [2.05, 4.69) is 11.8 Å². The maximum absolute atomic E-state index is 9.19. The number of aliphatic hydroxyl groups is 1. The molecule has 3 nitrogen and oxygen atoms in total. The van der Waals surface area contributed by atoms with Crippen molar-refractivity contribution in [2.45, 2.75) is 38.8 Å². The molecule has 0 bridgehead atoms. The standard InChI is InChI=1S/C10H22N2O/c1-3-9-4-5-12(6-9)10(7-13)8(2)11/h8-10,13H,3-7,11H2,1-2H3. The van der Waals surface area contributed by atoms with E-state index in [-0.39, 0.29) is 18.7 Å². The molecule has 0 aromatic carbocycles. The molecule has 78 valence electrons. The summed E-state index contributed by atoms with van der Waals surface area (Å²) in [5, 5.41) is 9.19. The van der Waals surface area contributed by atoms with Crippen LogP contribution < -0.4 is 5.73 Å². The summed E-state index contributed by atoms with van der Waals surface area (Å²) < 4.78 is 0. The molecule has 0 radical (unpaired) electrons. The molecular formula is C10H22N2O. The topological polar surface area (TPSA) is 49.5 Å².